The number of carbonyl (C=O) groups is 1. The van der Waals surface area contributed by atoms with Crippen LogP contribution in [0.15, 0.2) is 6.07 Å². The lowest BCUT2D eigenvalue weighted by atomic mass is 9.98. The van der Waals surface area contributed by atoms with E-state index in [-0.39, 0.29) is 11.7 Å². The number of nitrogens with zero attached hydrogens (tertiary/aromatic N) is 1. The Morgan fingerprint density at radius 2 is 2.20 bits per heavy atom. The fourth-order valence-corrected chi connectivity index (χ4v) is 3.91. The van der Waals surface area contributed by atoms with Crippen molar-refractivity contribution in [3.63, 3.8) is 0 Å². The molecule has 1 atom stereocenters. The van der Waals surface area contributed by atoms with Crippen molar-refractivity contribution in [1.82, 2.24) is 0 Å². The van der Waals surface area contributed by atoms with Crippen molar-refractivity contribution in [2.24, 2.45) is 5.92 Å². The summed E-state index contributed by atoms with van der Waals surface area (Å²) in [6.07, 6.45) is 4.59. The molecule has 3 N–H and O–H groups in total. The van der Waals surface area contributed by atoms with E-state index in [0.29, 0.717) is 5.69 Å². The summed E-state index contributed by atoms with van der Waals surface area (Å²) < 4.78 is 0. The SMILES string of the molecule is CC1(O)CCCN(c2cc(N)c(C(=O)C3CC3)s2)CC1. The second-order valence-corrected chi connectivity index (χ2v) is 7.38. The Hall–Kier alpha value is -1.07. The van der Waals surface area contributed by atoms with Gasteiger partial charge in [0.2, 0.25) is 0 Å². The van der Waals surface area contributed by atoms with E-state index in [9.17, 15) is 9.90 Å². The third kappa shape index (κ3) is 2.83. The largest absolute Gasteiger partial charge is 0.397 e. The zero-order valence-electron chi connectivity index (χ0n) is 11.9. The average molecular weight is 294 g/mol. The van der Waals surface area contributed by atoms with Crippen LogP contribution in [0.25, 0.3) is 0 Å². The van der Waals surface area contributed by atoms with E-state index in [0.717, 1.165) is 55.1 Å². The number of hydrogen-bond acceptors (Lipinski definition) is 5. The molecule has 1 unspecified atom stereocenters. The number of thiophene rings is 1. The van der Waals surface area contributed by atoms with Crippen molar-refractivity contribution in [2.45, 2.75) is 44.6 Å². The molecule has 1 saturated carbocycles. The van der Waals surface area contributed by atoms with Gasteiger partial charge in [-0.05, 0) is 45.1 Å². The van der Waals surface area contributed by atoms with Gasteiger partial charge in [0.15, 0.2) is 5.78 Å². The molecule has 1 aromatic heterocycles. The van der Waals surface area contributed by atoms with Crippen molar-refractivity contribution in [2.75, 3.05) is 23.7 Å². The van der Waals surface area contributed by atoms with E-state index < -0.39 is 5.60 Å². The van der Waals surface area contributed by atoms with Crippen LogP contribution >= 0.6 is 11.3 Å². The maximum absolute atomic E-state index is 12.2. The third-order valence-corrected chi connectivity index (χ3v) is 5.52. The van der Waals surface area contributed by atoms with Gasteiger partial charge < -0.3 is 15.7 Å². The standard InChI is InChI=1S/C15H22N2O2S/c1-15(19)5-2-7-17(8-6-15)12-9-11(16)14(20-12)13(18)10-3-4-10/h9-10,19H,2-8,16H2,1H3. The van der Waals surface area contributed by atoms with Gasteiger partial charge in [-0.3, -0.25) is 4.79 Å². The molecule has 4 nitrogen and oxygen atoms in total. The summed E-state index contributed by atoms with van der Waals surface area (Å²) in [5, 5.41) is 11.2. The fourth-order valence-electron chi connectivity index (χ4n) is 2.75. The molecule has 1 saturated heterocycles. The molecule has 2 fully saturated rings. The van der Waals surface area contributed by atoms with Crippen LogP contribution in [0.3, 0.4) is 0 Å². The van der Waals surface area contributed by atoms with Gasteiger partial charge in [0.05, 0.1) is 21.2 Å². The van der Waals surface area contributed by atoms with Gasteiger partial charge in [-0.15, -0.1) is 11.3 Å². The quantitative estimate of drug-likeness (QED) is 0.841. The maximum atomic E-state index is 12.2. The summed E-state index contributed by atoms with van der Waals surface area (Å²) in [6, 6.07) is 1.93. The number of nitrogens with two attached hydrogens (primary N) is 1. The number of hydrogen-bond donors (Lipinski definition) is 2. The summed E-state index contributed by atoms with van der Waals surface area (Å²) >= 11 is 1.52. The van der Waals surface area contributed by atoms with E-state index in [1.807, 2.05) is 13.0 Å². The van der Waals surface area contributed by atoms with Gasteiger partial charge in [-0.2, -0.15) is 0 Å². The number of carbonyl (C=O) groups excluding carboxylic acids is 1. The highest BCUT2D eigenvalue weighted by atomic mass is 32.1. The Bertz CT molecular complexity index is 520. The monoisotopic (exact) mass is 294 g/mol. The Labute approximate surface area is 123 Å². The summed E-state index contributed by atoms with van der Waals surface area (Å²) in [6.45, 7) is 3.65. The molecule has 5 heteroatoms. The molecule has 0 aromatic carbocycles. The highest BCUT2D eigenvalue weighted by molar-refractivity contribution is 7.18. The highest BCUT2D eigenvalue weighted by Crippen LogP contribution is 2.40. The summed E-state index contributed by atoms with van der Waals surface area (Å²) in [5.74, 6) is 0.439. The highest BCUT2D eigenvalue weighted by Gasteiger charge is 2.33. The number of ketones is 1. The van der Waals surface area contributed by atoms with E-state index >= 15 is 0 Å². The molecule has 2 heterocycles. The lowest BCUT2D eigenvalue weighted by Gasteiger charge is -2.22. The second kappa shape index (κ2) is 5.04. The van der Waals surface area contributed by atoms with Crippen LogP contribution in [0.2, 0.25) is 0 Å². The molecule has 1 aliphatic heterocycles. The topological polar surface area (TPSA) is 66.6 Å². The first-order valence-electron chi connectivity index (χ1n) is 7.37. The molecule has 0 amide bonds. The predicted octanol–water partition coefficient (Wildman–Crippen LogP) is 2.66. The van der Waals surface area contributed by atoms with E-state index in [1.165, 1.54) is 11.3 Å². The van der Waals surface area contributed by atoms with Gasteiger partial charge in [0, 0.05) is 19.0 Å². The van der Waals surface area contributed by atoms with Crippen molar-refractivity contribution >= 4 is 27.8 Å². The number of rotatable bonds is 3. The Balaban J connectivity index is 1.77. The smallest absolute Gasteiger partial charge is 0.178 e. The first-order valence-corrected chi connectivity index (χ1v) is 8.19. The molecule has 1 aromatic rings. The molecular formula is C15H22N2O2S. The van der Waals surface area contributed by atoms with E-state index in [2.05, 4.69) is 4.90 Å². The Morgan fingerprint density at radius 3 is 2.90 bits per heavy atom. The van der Waals surface area contributed by atoms with Crippen LogP contribution in [0, 0.1) is 5.92 Å². The van der Waals surface area contributed by atoms with Crippen LogP contribution in [0.4, 0.5) is 10.7 Å². The average Bonchev–Trinajstić information content (AvgIpc) is 3.17. The molecule has 0 spiro atoms. The first kappa shape index (κ1) is 13.9. The van der Waals surface area contributed by atoms with Crippen LogP contribution in [0.5, 0.6) is 0 Å². The van der Waals surface area contributed by atoms with E-state index in [4.69, 9.17) is 5.73 Å². The normalized spacial score (nSPS) is 27.4. The molecule has 2 aliphatic rings. The zero-order valence-corrected chi connectivity index (χ0v) is 12.7. The fraction of sp³-hybridized carbons (Fsp3) is 0.667. The Kier molecular flexibility index (Phi) is 3.50. The molecule has 3 rings (SSSR count). The van der Waals surface area contributed by atoms with E-state index in [1.54, 1.807) is 0 Å². The van der Waals surface area contributed by atoms with Gasteiger partial charge >= 0.3 is 0 Å². The minimum atomic E-state index is -0.565. The van der Waals surface area contributed by atoms with Gasteiger partial charge in [-0.1, -0.05) is 0 Å². The molecule has 1 aliphatic carbocycles. The van der Waals surface area contributed by atoms with Crippen LogP contribution in [-0.4, -0.2) is 29.6 Å². The molecule has 110 valence electrons. The second-order valence-electron chi connectivity index (χ2n) is 6.35. The predicted molar refractivity (Wildman–Crippen MR) is 82.5 cm³/mol. The number of anilines is 2. The van der Waals surface area contributed by atoms with Crippen molar-refractivity contribution in [1.29, 1.82) is 0 Å². The minimum absolute atomic E-state index is 0.216. The Morgan fingerprint density at radius 1 is 1.45 bits per heavy atom. The molecular weight excluding hydrogens is 272 g/mol. The van der Waals surface area contributed by atoms with Crippen molar-refractivity contribution in [3.05, 3.63) is 10.9 Å². The van der Waals surface area contributed by atoms with Crippen LogP contribution < -0.4 is 10.6 Å². The number of Topliss-reactive ketones (excluding diaryl/α,β-unsaturated/α-hetero) is 1. The third-order valence-electron chi connectivity index (χ3n) is 4.30. The summed E-state index contributed by atoms with van der Waals surface area (Å²) in [4.78, 5) is 15.2. The van der Waals surface area contributed by atoms with Gasteiger partial charge in [0.1, 0.15) is 0 Å². The molecule has 20 heavy (non-hydrogen) atoms. The molecule has 0 radical (unpaired) electrons. The summed E-state index contributed by atoms with van der Waals surface area (Å²) in [7, 11) is 0. The lowest BCUT2D eigenvalue weighted by molar-refractivity contribution is 0.0481. The number of nitrogen functional groups attached to an aromatic ring is 1. The minimum Gasteiger partial charge on any atom is -0.397 e. The number of aliphatic hydroxyl groups is 1. The zero-order chi connectivity index (χ0) is 14.3. The van der Waals surface area contributed by atoms with Crippen LogP contribution in [-0.2, 0) is 0 Å². The lowest BCUT2D eigenvalue weighted by Crippen LogP contribution is -2.27. The first-order chi connectivity index (χ1) is 9.46. The van der Waals surface area contributed by atoms with Gasteiger partial charge in [0.25, 0.3) is 0 Å². The van der Waals surface area contributed by atoms with Crippen molar-refractivity contribution < 1.29 is 9.90 Å². The maximum Gasteiger partial charge on any atom is 0.178 e. The molecule has 0 bridgehead atoms. The summed E-state index contributed by atoms with van der Waals surface area (Å²) in [5.41, 5.74) is 6.08. The van der Waals surface area contributed by atoms with Gasteiger partial charge in [-0.25, -0.2) is 0 Å². The van der Waals surface area contributed by atoms with Crippen molar-refractivity contribution in [3.8, 4) is 0 Å². The van der Waals surface area contributed by atoms with Crippen LogP contribution in [0.1, 0.15) is 48.7 Å².